The van der Waals surface area contributed by atoms with E-state index in [9.17, 15) is 27.9 Å². The number of sulfone groups is 1. The summed E-state index contributed by atoms with van der Waals surface area (Å²) in [6.45, 7) is 11.9. The maximum Gasteiger partial charge on any atom is 0.326 e. The summed E-state index contributed by atoms with van der Waals surface area (Å²) in [6.07, 6.45) is 9.40. The minimum Gasteiger partial charge on any atom is -0.480 e. The van der Waals surface area contributed by atoms with Crippen molar-refractivity contribution in [2.75, 3.05) is 12.3 Å². The number of piperidine rings is 1. The van der Waals surface area contributed by atoms with Crippen LogP contribution in [0.3, 0.4) is 0 Å². The molecule has 1 amide bonds. The number of nitrogens with zero attached hydrogens (tertiary/aromatic N) is 1. The average Bonchev–Trinajstić information content (AvgIpc) is 3.15. The summed E-state index contributed by atoms with van der Waals surface area (Å²) in [5.41, 5.74) is -1.01. The summed E-state index contributed by atoms with van der Waals surface area (Å²) < 4.78 is 25.7. The summed E-state index contributed by atoms with van der Waals surface area (Å²) in [7, 11) is -3.41. The number of aliphatic carboxylic acids is 1. The molecular weight excluding hydrogens is 514 g/mol. The first-order chi connectivity index (χ1) is 17.9. The van der Waals surface area contributed by atoms with Gasteiger partial charge in [-0.1, -0.05) is 59.3 Å². The quantitative estimate of drug-likeness (QED) is 0.387. The van der Waals surface area contributed by atoms with Crippen LogP contribution in [0.1, 0.15) is 119 Å². The number of amides is 1. The third kappa shape index (κ3) is 5.83. The highest BCUT2D eigenvalue weighted by Crippen LogP contribution is 2.65. The van der Waals surface area contributed by atoms with Crippen molar-refractivity contribution >= 4 is 27.5 Å². The van der Waals surface area contributed by atoms with Crippen LogP contribution >= 0.6 is 0 Å². The molecule has 1 saturated heterocycles. The average molecular weight is 566 g/mol. The van der Waals surface area contributed by atoms with Crippen LogP contribution in [-0.2, 0) is 24.2 Å². The molecule has 4 atom stereocenters. The second-order valence-electron chi connectivity index (χ2n) is 15.3. The van der Waals surface area contributed by atoms with Crippen LogP contribution in [0.15, 0.2) is 0 Å². The Morgan fingerprint density at radius 1 is 0.923 bits per heavy atom. The number of ketones is 1. The lowest BCUT2D eigenvalue weighted by Crippen LogP contribution is -2.51. The van der Waals surface area contributed by atoms with E-state index in [0.29, 0.717) is 6.54 Å². The Morgan fingerprint density at radius 2 is 1.46 bits per heavy atom. The molecule has 39 heavy (non-hydrogen) atoms. The second-order valence-corrected chi connectivity index (χ2v) is 18.1. The summed E-state index contributed by atoms with van der Waals surface area (Å²) in [4.78, 5) is 42.0. The maximum atomic E-state index is 14.2. The van der Waals surface area contributed by atoms with Crippen molar-refractivity contribution in [2.24, 2.45) is 34.0 Å². The van der Waals surface area contributed by atoms with E-state index in [1.807, 2.05) is 0 Å². The van der Waals surface area contributed by atoms with Gasteiger partial charge in [-0.25, -0.2) is 13.2 Å². The molecule has 4 fully saturated rings. The SMILES string of the molecule is CC1([C@H](CC(=O)CC2(CS(=O)(=O)C(C)(C)C)CCCCC2)C(=O)N2C[C@H]3[C@@H]([C@H]2C(=O)O)C3(C)C)CCCCC1. The highest BCUT2D eigenvalue weighted by Gasteiger charge is 2.70. The van der Waals surface area contributed by atoms with E-state index in [0.717, 1.165) is 64.2 Å². The number of carboxylic acid groups (broad SMARTS) is 1. The Bertz CT molecular complexity index is 1070. The molecule has 0 aromatic heterocycles. The van der Waals surface area contributed by atoms with Gasteiger partial charge in [-0.05, 0) is 68.6 Å². The molecular formula is C31H51NO6S. The molecule has 1 aliphatic heterocycles. The third-order valence-corrected chi connectivity index (χ3v) is 14.1. The van der Waals surface area contributed by atoms with E-state index in [1.165, 1.54) is 0 Å². The number of hydrogen-bond donors (Lipinski definition) is 1. The smallest absolute Gasteiger partial charge is 0.326 e. The standard InChI is InChI=1S/C31H51NO6S/c1-28(2,3)39(37,38)20-31(15-11-8-12-16-31)18-21(33)17-22(30(6)13-9-7-10-14-30)26(34)32-19-23-24(29(23,4)5)25(32)27(35)36/h22-25H,7-20H2,1-6H3,(H,35,36)/t22-,23+,24+,25+/m1/s1. The summed E-state index contributed by atoms with van der Waals surface area (Å²) in [5, 5.41) is 10.1. The summed E-state index contributed by atoms with van der Waals surface area (Å²) in [5.74, 6) is -1.57. The van der Waals surface area contributed by atoms with Crippen LogP contribution in [0.4, 0.5) is 0 Å². The van der Waals surface area contributed by atoms with Crippen LogP contribution in [0.5, 0.6) is 0 Å². The first-order valence-electron chi connectivity index (χ1n) is 15.2. The Labute approximate surface area is 235 Å². The normalized spacial score (nSPS) is 30.3. The molecule has 4 rings (SSSR count). The molecule has 8 heteroatoms. The molecule has 7 nitrogen and oxygen atoms in total. The van der Waals surface area contributed by atoms with E-state index < -0.39 is 37.9 Å². The van der Waals surface area contributed by atoms with Gasteiger partial charge in [-0.3, -0.25) is 9.59 Å². The number of rotatable bonds is 9. The van der Waals surface area contributed by atoms with E-state index >= 15 is 0 Å². The first-order valence-corrected chi connectivity index (χ1v) is 16.9. The van der Waals surface area contributed by atoms with Crippen molar-refractivity contribution in [1.82, 2.24) is 4.90 Å². The van der Waals surface area contributed by atoms with Gasteiger partial charge in [0.15, 0.2) is 9.84 Å². The molecule has 0 radical (unpaired) electrons. The van der Waals surface area contributed by atoms with Gasteiger partial charge in [0.2, 0.25) is 5.91 Å². The van der Waals surface area contributed by atoms with E-state index in [1.54, 1.807) is 25.7 Å². The van der Waals surface area contributed by atoms with Gasteiger partial charge in [0, 0.05) is 25.3 Å². The molecule has 0 unspecified atom stereocenters. The predicted molar refractivity (Wildman–Crippen MR) is 152 cm³/mol. The van der Waals surface area contributed by atoms with E-state index in [4.69, 9.17) is 0 Å². The van der Waals surface area contributed by atoms with Gasteiger partial charge in [0.05, 0.1) is 16.4 Å². The monoisotopic (exact) mass is 565 g/mol. The van der Waals surface area contributed by atoms with E-state index in [2.05, 4.69) is 20.8 Å². The lowest BCUT2D eigenvalue weighted by atomic mass is 9.64. The molecule has 0 bridgehead atoms. The zero-order valence-corrected chi connectivity index (χ0v) is 25.9. The lowest BCUT2D eigenvalue weighted by Gasteiger charge is -2.43. The Morgan fingerprint density at radius 3 is 1.97 bits per heavy atom. The highest BCUT2D eigenvalue weighted by molar-refractivity contribution is 7.92. The zero-order valence-electron chi connectivity index (χ0n) is 25.1. The first kappa shape index (κ1) is 30.5. The summed E-state index contributed by atoms with van der Waals surface area (Å²) in [6, 6.07) is -0.830. The highest BCUT2D eigenvalue weighted by atomic mass is 32.2. The minimum atomic E-state index is -3.41. The van der Waals surface area contributed by atoms with Gasteiger partial charge >= 0.3 is 5.97 Å². The zero-order chi connectivity index (χ0) is 29.0. The van der Waals surface area contributed by atoms with Crippen LogP contribution < -0.4 is 0 Å². The largest absolute Gasteiger partial charge is 0.480 e. The van der Waals surface area contributed by atoms with Crippen LogP contribution in [0.2, 0.25) is 0 Å². The Balaban J connectivity index is 1.58. The number of hydrogen-bond acceptors (Lipinski definition) is 5. The fourth-order valence-corrected chi connectivity index (χ4v) is 9.98. The molecule has 1 N–H and O–H groups in total. The van der Waals surface area contributed by atoms with E-state index in [-0.39, 0.29) is 53.0 Å². The number of carbonyl (C=O) groups excluding carboxylic acids is 2. The maximum absolute atomic E-state index is 14.2. The second kappa shape index (κ2) is 10.4. The number of fused-ring (bicyclic) bond motifs is 1. The van der Waals surface area contributed by atoms with Crippen molar-refractivity contribution in [3.8, 4) is 0 Å². The van der Waals surface area contributed by atoms with Crippen molar-refractivity contribution in [1.29, 1.82) is 0 Å². The van der Waals surface area contributed by atoms with Gasteiger partial charge < -0.3 is 10.0 Å². The molecule has 222 valence electrons. The fourth-order valence-electron chi connectivity index (χ4n) is 8.35. The number of carbonyl (C=O) groups is 3. The van der Waals surface area contributed by atoms with Gasteiger partial charge in [-0.15, -0.1) is 0 Å². The van der Waals surface area contributed by atoms with Crippen molar-refractivity contribution in [2.45, 2.75) is 129 Å². The minimum absolute atomic E-state index is 0.0107. The van der Waals surface area contributed by atoms with Gasteiger partial charge in [0.1, 0.15) is 11.8 Å². The summed E-state index contributed by atoms with van der Waals surface area (Å²) >= 11 is 0. The Kier molecular flexibility index (Phi) is 8.17. The molecule has 3 saturated carbocycles. The van der Waals surface area contributed by atoms with Crippen LogP contribution in [-0.4, -0.2) is 59.2 Å². The predicted octanol–water partition coefficient (Wildman–Crippen LogP) is 5.65. The molecule has 0 aromatic rings. The van der Waals surface area contributed by atoms with Crippen molar-refractivity contribution in [3.05, 3.63) is 0 Å². The Hall–Kier alpha value is -1.44. The van der Waals surface area contributed by atoms with Crippen molar-refractivity contribution < 1.29 is 27.9 Å². The molecule has 0 spiro atoms. The third-order valence-electron chi connectivity index (χ3n) is 11.2. The molecule has 0 aromatic carbocycles. The van der Waals surface area contributed by atoms with Crippen LogP contribution in [0.25, 0.3) is 0 Å². The lowest BCUT2D eigenvalue weighted by molar-refractivity contribution is -0.155. The number of likely N-dealkylation sites (tertiary alicyclic amines) is 1. The molecule has 1 heterocycles. The van der Waals surface area contributed by atoms with Gasteiger partial charge in [-0.2, -0.15) is 0 Å². The van der Waals surface area contributed by atoms with Crippen LogP contribution in [0, 0.1) is 34.0 Å². The van der Waals surface area contributed by atoms with Crippen molar-refractivity contribution in [3.63, 3.8) is 0 Å². The molecule has 3 aliphatic carbocycles. The number of carboxylic acids is 1. The molecule has 4 aliphatic rings. The topological polar surface area (TPSA) is 109 Å². The fraction of sp³-hybridized carbons (Fsp3) is 0.903. The van der Waals surface area contributed by atoms with Gasteiger partial charge in [0.25, 0.3) is 0 Å². The number of Topliss-reactive ketones (excluding diaryl/α,β-unsaturated/α-hetero) is 1.